The Morgan fingerprint density at radius 2 is 2.23 bits per heavy atom. The minimum atomic E-state index is -0.933. The summed E-state index contributed by atoms with van der Waals surface area (Å²) in [4.78, 5) is 14.9. The first-order valence-corrected chi connectivity index (χ1v) is 4.30. The SMILES string of the molecule is Cc1nc(C(C)N)sc1C(=O)O.Cl. The molecule has 0 aliphatic carbocycles. The van der Waals surface area contributed by atoms with Gasteiger partial charge in [0.05, 0.1) is 11.7 Å². The smallest absolute Gasteiger partial charge is 0.347 e. The molecule has 1 heterocycles. The van der Waals surface area contributed by atoms with Crippen molar-refractivity contribution in [2.45, 2.75) is 19.9 Å². The highest BCUT2D eigenvalue weighted by Gasteiger charge is 2.15. The van der Waals surface area contributed by atoms with Crippen molar-refractivity contribution in [3.8, 4) is 0 Å². The lowest BCUT2D eigenvalue weighted by atomic mass is 10.4. The minimum Gasteiger partial charge on any atom is -0.477 e. The lowest BCUT2D eigenvalue weighted by Gasteiger charge is -1.95. The molecule has 4 nitrogen and oxygen atoms in total. The van der Waals surface area contributed by atoms with Crippen LogP contribution < -0.4 is 5.73 Å². The molecule has 0 aliphatic rings. The standard InChI is InChI=1S/C7H10N2O2S.ClH/c1-3(8)6-9-4(2)5(12-6)7(10)11;/h3H,8H2,1-2H3,(H,10,11);1H. The van der Waals surface area contributed by atoms with Gasteiger partial charge in [-0.25, -0.2) is 9.78 Å². The second-order valence-corrected chi connectivity index (χ2v) is 3.59. The number of carbonyl (C=O) groups is 1. The van der Waals surface area contributed by atoms with E-state index in [1.54, 1.807) is 13.8 Å². The highest BCUT2D eigenvalue weighted by atomic mass is 35.5. The van der Waals surface area contributed by atoms with E-state index in [1.807, 2.05) is 0 Å². The van der Waals surface area contributed by atoms with Gasteiger partial charge in [-0.1, -0.05) is 0 Å². The van der Waals surface area contributed by atoms with Gasteiger partial charge < -0.3 is 10.8 Å². The molecule has 0 radical (unpaired) electrons. The van der Waals surface area contributed by atoms with Gasteiger partial charge in [0.25, 0.3) is 0 Å². The van der Waals surface area contributed by atoms with Gasteiger partial charge in [-0.3, -0.25) is 0 Å². The van der Waals surface area contributed by atoms with Crippen LogP contribution in [0.15, 0.2) is 0 Å². The maximum atomic E-state index is 10.6. The molecule has 0 spiro atoms. The summed E-state index contributed by atoms with van der Waals surface area (Å²) in [5.74, 6) is -0.933. The Hall–Kier alpha value is -0.650. The molecule has 0 bridgehead atoms. The maximum absolute atomic E-state index is 10.6. The maximum Gasteiger partial charge on any atom is 0.347 e. The number of rotatable bonds is 2. The van der Waals surface area contributed by atoms with Crippen molar-refractivity contribution in [1.29, 1.82) is 0 Å². The minimum absolute atomic E-state index is 0. The van der Waals surface area contributed by atoms with Crippen LogP contribution in [0.4, 0.5) is 0 Å². The van der Waals surface area contributed by atoms with Crippen molar-refractivity contribution in [3.63, 3.8) is 0 Å². The second-order valence-electron chi connectivity index (χ2n) is 2.56. The van der Waals surface area contributed by atoms with Crippen LogP contribution in [0.1, 0.15) is 33.3 Å². The molecule has 1 aromatic heterocycles. The van der Waals surface area contributed by atoms with Crippen LogP contribution in [0.5, 0.6) is 0 Å². The molecular formula is C7H11ClN2O2S. The zero-order valence-electron chi connectivity index (χ0n) is 7.27. The third-order valence-corrected chi connectivity index (χ3v) is 2.74. The van der Waals surface area contributed by atoms with Crippen molar-refractivity contribution in [3.05, 3.63) is 15.6 Å². The number of nitrogens with zero attached hydrogens (tertiary/aromatic N) is 1. The highest BCUT2D eigenvalue weighted by molar-refractivity contribution is 7.13. The quantitative estimate of drug-likeness (QED) is 0.797. The topological polar surface area (TPSA) is 76.2 Å². The molecule has 0 fully saturated rings. The molecule has 0 aromatic carbocycles. The summed E-state index contributed by atoms with van der Waals surface area (Å²) in [5.41, 5.74) is 6.09. The van der Waals surface area contributed by atoms with E-state index >= 15 is 0 Å². The Bertz CT molecular complexity index is 311. The second kappa shape index (κ2) is 4.55. The molecule has 1 unspecified atom stereocenters. The number of aromatic carboxylic acids is 1. The van der Waals surface area contributed by atoms with E-state index in [0.717, 1.165) is 11.3 Å². The van der Waals surface area contributed by atoms with Gasteiger partial charge in [0, 0.05) is 0 Å². The van der Waals surface area contributed by atoms with Crippen LogP contribution in [-0.2, 0) is 0 Å². The molecule has 3 N–H and O–H groups in total. The number of carboxylic acids is 1. The van der Waals surface area contributed by atoms with Crippen LogP contribution in [0.25, 0.3) is 0 Å². The van der Waals surface area contributed by atoms with E-state index in [2.05, 4.69) is 4.98 Å². The summed E-state index contributed by atoms with van der Waals surface area (Å²) in [6, 6.07) is -0.193. The molecule has 1 atom stereocenters. The number of hydrogen-bond donors (Lipinski definition) is 2. The summed E-state index contributed by atoms with van der Waals surface area (Å²) >= 11 is 1.14. The molecule has 0 aliphatic heterocycles. The Labute approximate surface area is 86.2 Å². The molecular weight excluding hydrogens is 212 g/mol. The lowest BCUT2D eigenvalue weighted by molar-refractivity contribution is 0.0701. The predicted molar refractivity (Wildman–Crippen MR) is 53.7 cm³/mol. The highest BCUT2D eigenvalue weighted by Crippen LogP contribution is 2.21. The summed E-state index contributed by atoms with van der Waals surface area (Å²) in [6.45, 7) is 3.45. The van der Waals surface area contributed by atoms with E-state index in [1.165, 1.54) is 0 Å². The number of nitrogens with two attached hydrogens (primary N) is 1. The first-order valence-electron chi connectivity index (χ1n) is 3.48. The number of halogens is 1. The fourth-order valence-electron chi connectivity index (χ4n) is 0.810. The summed E-state index contributed by atoms with van der Waals surface area (Å²) in [6.07, 6.45) is 0. The predicted octanol–water partition coefficient (Wildman–Crippen LogP) is 1.59. The molecule has 1 aromatic rings. The van der Waals surface area contributed by atoms with Crippen LogP contribution in [0.3, 0.4) is 0 Å². The van der Waals surface area contributed by atoms with Crippen molar-refractivity contribution in [2.75, 3.05) is 0 Å². The Morgan fingerprint density at radius 3 is 2.46 bits per heavy atom. The van der Waals surface area contributed by atoms with Gasteiger partial charge in [0.2, 0.25) is 0 Å². The number of carboxylic acid groups (broad SMARTS) is 1. The van der Waals surface area contributed by atoms with Crippen molar-refractivity contribution in [1.82, 2.24) is 4.98 Å². The van der Waals surface area contributed by atoms with Crippen molar-refractivity contribution >= 4 is 29.7 Å². The monoisotopic (exact) mass is 222 g/mol. The molecule has 0 amide bonds. The number of aromatic nitrogens is 1. The first kappa shape index (κ1) is 12.3. The third-order valence-electron chi connectivity index (χ3n) is 1.40. The normalized spacial score (nSPS) is 11.9. The molecule has 0 saturated carbocycles. The van der Waals surface area contributed by atoms with Gasteiger partial charge in [-0.05, 0) is 13.8 Å². The zero-order chi connectivity index (χ0) is 9.30. The summed E-state index contributed by atoms with van der Waals surface area (Å²) < 4.78 is 0. The molecule has 6 heteroatoms. The molecule has 0 saturated heterocycles. The van der Waals surface area contributed by atoms with E-state index in [0.29, 0.717) is 10.7 Å². The first-order chi connectivity index (χ1) is 5.52. The van der Waals surface area contributed by atoms with Gasteiger partial charge in [-0.15, -0.1) is 23.7 Å². The van der Waals surface area contributed by atoms with Crippen LogP contribution >= 0.6 is 23.7 Å². The number of hydrogen-bond acceptors (Lipinski definition) is 4. The molecule has 74 valence electrons. The fourth-order valence-corrected chi connectivity index (χ4v) is 1.67. The van der Waals surface area contributed by atoms with E-state index in [4.69, 9.17) is 10.8 Å². The third kappa shape index (κ3) is 2.65. The summed E-state index contributed by atoms with van der Waals surface area (Å²) in [7, 11) is 0. The van der Waals surface area contributed by atoms with Crippen molar-refractivity contribution < 1.29 is 9.90 Å². The average molecular weight is 223 g/mol. The van der Waals surface area contributed by atoms with E-state index in [-0.39, 0.29) is 23.3 Å². The zero-order valence-corrected chi connectivity index (χ0v) is 8.91. The van der Waals surface area contributed by atoms with Gasteiger partial charge in [-0.2, -0.15) is 0 Å². The average Bonchev–Trinajstić information content (AvgIpc) is 2.30. The Kier molecular flexibility index (Phi) is 4.32. The van der Waals surface area contributed by atoms with Crippen LogP contribution in [0, 0.1) is 6.92 Å². The largest absolute Gasteiger partial charge is 0.477 e. The molecule has 13 heavy (non-hydrogen) atoms. The number of aryl methyl sites for hydroxylation is 1. The number of thiazole rings is 1. The van der Waals surface area contributed by atoms with Crippen LogP contribution in [0.2, 0.25) is 0 Å². The lowest BCUT2D eigenvalue weighted by Crippen LogP contribution is -2.03. The van der Waals surface area contributed by atoms with Crippen LogP contribution in [-0.4, -0.2) is 16.1 Å². The van der Waals surface area contributed by atoms with E-state index in [9.17, 15) is 4.79 Å². The summed E-state index contributed by atoms with van der Waals surface area (Å²) in [5, 5.41) is 9.36. The fraction of sp³-hybridized carbons (Fsp3) is 0.429. The Morgan fingerprint density at radius 1 is 1.69 bits per heavy atom. The molecule has 1 rings (SSSR count). The van der Waals surface area contributed by atoms with Crippen molar-refractivity contribution in [2.24, 2.45) is 5.73 Å². The van der Waals surface area contributed by atoms with E-state index < -0.39 is 5.97 Å². The Balaban J connectivity index is 0.00000144. The van der Waals surface area contributed by atoms with Gasteiger partial charge >= 0.3 is 5.97 Å². The van der Waals surface area contributed by atoms with Gasteiger partial charge in [0.1, 0.15) is 9.88 Å². The van der Waals surface area contributed by atoms with Gasteiger partial charge in [0.15, 0.2) is 0 Å².